The Hall–Kier alpha value is -1.03. The molecule has 0 saturated carbocycles. The molecule has 0 saturated heterocycles. The summed E-state index contributed by atoms with van der Waals surface area (Å²) < 4.78 is 5.34. The van der Waals surface area contributed by atoms with E-state index in [9.17, 15) is 0 Å². The smallest absolute Gasteiger partial charge is 0.164 e. The molecule has 0 amide bonds. The largest absolute Gasteiger partial charge is 0.469 e. The molecule has 1 aliphatic rings. The highest BCUT2D eigenvalue weighted by Crippen LogP contribution is 2.30. The average Bonchev–Trinajstić information content (AvgIpc) is 2.51. The molecule has 1 unspecified atom stereocenters. The van der Waals surface area contributed by atoms with E-state index < -0.39 is 0 Å². The number of fused-ring (bicyclic) bond motifs is 1. The van der Waals surface area contributed by atoms with Gasteiger partial charge in [0.15, 0.2) is 5.11 Å². The molecule has 70 valence electrons. The summed E-state index contributed by atoms with van der Waals surface area (Å²) in [4.78, 5) is 0. The first-order valence-corrected chi connectivity index (χ1v) is 4.80. The van der Waals surface area contributed by atoms with Crippen molar-refractivity contribution < 1.29 is 4.42 Å². The highest BCUT2D eigenvalue weighted by molar-refractivity contribution is 7.80. The fourth-order valence-corrected chi connectivity index (χ4v) is 1.95. The van der Waals surface area contributed by atoms with E-state index in [0.29, 0.717) is 5.11 Å². The van der Waals surface area contributed by atoms with E-state index in [-0.39, 0.29) is 6.04 Å². The summed E-state index contributed by atoms with van der Waals surface area (Å²) in [6.07, 6.45) is 4.95. The standard InChI is InChI=1S/C9H12N2OS/c10-9(13)11-7-2-1-3-8-6(7)4-5-12-8/h4-5,7H,1-3H2,(H3,10,11,13). The van der Waals surface area contributed by atoms with Crippen molar-refractivity contribution in [3.05, 3.63) is 23.7 Å². The monoisotopic (exact) mass is 196 g/mol. The third kappa shape index (κ3) is 1.67. The summed E-state index contributed by atoms with van der Waals surface area (Å²) in [7, 11) is 0. The molecule has 0 spiro atoms. The SMILES string of the molecule is NC(=S)NC1CCCc2occc21. The fourth-order valence-electron chi connectivity index (χ4n) is 1.81. The third-order valence-corrected chi connectivity index (χ3v) is 2.49. The predicted octanol–water partition coefficient (Wildman–Crippen LogP) is 1.49. The van der Waals surface area contributed by atoms with Crippen molar-refractivity contribution >= 4 is 17.3 Å². The maximum Gasteiger partial charge on any atom is 0.164 e. The third-order valence-electron chi connectivity index (χ3n) is 2.37. The minimum atomic E-state index is 0.250. The first kappa shape index (κ1) is 8.56. The van der Waals surface area contributed by atoms with Crippen molar-refractivity contribution in [1.29, 1.82) is 0 Å². The molecule has 0 radical (unpaired) electrons. The lowest BCUT2D eigenvalue weighted by molar-refractivity contribution is 0.440. The summed E-state index contributed by atoms with van der Waals surface area (Å²) in [5.74, 6) is 1.07. The second-order valence-electron chi connectivity index (χ2n) is 3.25. The molecule has 3 nitrogen and oxygen atoms in total. The van der Waals surface area contributed by atoms with Crippen LogP contribution >= 0.6 is 12.2 Å². The Labute approximate surface area is 82.3 Å². The quantitative estimate of drug-likeness (QED) is 0.668. The van der Waals surface area contributed by atoms with Crippen LogP contribution in [-0.4, -0.2) is 5.11 Å². The highest BCUT2D eigenvalue weighted by Gasteiger charge is 2.22. The van der Waals surface area contributed by atoms with Crippen LogP contribution in [0, 0.1) is 0 Å². The van der Waals surface area contributed by atoms with Gasteiger partial charge in [0.2, 0.25) is 0 Å². The fraction of sp³-hybridized carbons (Fsp3) is 0.444. The molecule has 13 heavy (non-hydrogen) atoms. The van der Waals surface area contributed by atoms with Crippen molar-refractivity contribution in [2.24, 2.45) is 5.73 Å². The maximum atomic E-state index is 5.44. The van der Waals surface area contributed by atoms with Gasteiger partial charge in [-0.15, -0.1) is 0 Å². The van der Waals surface area contributed by atoms with Crippen LogP contribution in [0.15, 0.2) is 16.7 Å². The van der Waals surface area contributed by atoms with Crippen LogP contribution in [0.5, 0.6) is 0 Å². The van der Waals surface area contributed by atoms with Crippen LogP contribution < -0.4 is 11.1 Å². The average molecular weight is 196 g/mol. The zero-order chi connectivity index (χ0) is 9.26. The molecule has 1 aromatic heterocycles. The van der Waals surface area contributed by atoms with Crippen molar-refractivity contribution in [2.45, 2.75) is 25.3 Å². The molecule has 0 bridgehead atoms. The first-order chi connectivity index (χ1) is 6.27. The number of furan rings is 1. The molecular formula is C9H12N2OS. The van der Waals surface area contributed by atoms with Gasteiger partial charge in [-0.1, -0.05) is 0 Å². The molecule has 3 N–H and O–H groups in total. The summed E-state index contributed by atoms with van der Waals surface area (Å²) >= 11 is 4.82. The number of aryl methyl sites for hydroxylation is 1. The number of nitrogens with one attached hydrogen (secondary N) is 1. The zero-order valence-corrected chi connectivity index (χ0v) is 8.06. The molecule has 0 fully saturated rings. The van der Waals surface area contributed by atoms with E-state index in [2.05, 4.69) is 5.32 Å². The van der Waals surface area contributed by atoms with E-state index in [0.717, 1.165) is 25.0 Å². The Morgan fingerprint density at radius 1 is 1.69 bits per heavy atom. The number of hydrogen-bond donors (Lipinski definition) is 2. The van der Waals surface area contributed by atoms with Crippen molar-refractivity contribution in [2.75, 3.05) is 0 Å². The molecule has 1 aromatic rings. The van der Waals surface area contributed by atoms with E-state index >= 15 is 0 Å². The Bertz CT molecular complexity index is 321. The van der Waals surface area contributed by atoms with Crippen LogP contribution in [0.2, 0.25) is 0 Å². The molecule has 0 aliphatic heterocycles. The van der Waals surface area contributed by atoms with Gasteiger partial charge in [-0.2, -0.15) is 0 Å². The van der Waals surface area contributed by atoms with Gasteiger partial charge in [-0.25, -0.2) is 0 Å². The normalized spacial score (nSPS) is 20.8. The molecule has 1 aliphatic carbocycles. The Kier molecular flexibility index (Phi) is 2.22. The summed E-state index contributed by atoms with van der Waals surface area (Å²) in [5.41, 5.74) is 6.65. The van der Waals surface area contributed by atoms with Crippen molar-refractivity contribution in [3.63, 3.8) is 0 Å². The molecular weight excluding hydrogens is 184 g/mol. The number of nitrogens with two attached hydrogens (primary N) is 1. The van der Waals surface area contributed by atoms with Crippen molar-refractivity contribution in [3.8, 4) is 0 Å². The minimum absolute atomic E-state index is 0.250. The lowest BCUT2D eigenvalue weighted by Gasteiger charge is -2.22. The molecule has 2 rings (SSSR count). The lowest BCUT2D eigenvalue weighted by Crippen LogP contribution is -2.34. The van der Waals surface area contributed by atoms with Crippen LogP contribution in [0.1, 0.15) is 30.2 Å². The van der Waals surface area contributed by atoms with E-state index in [1.165, 1.54) is 5.56 Å². The second-order valence-corrected chi connectivity index (χ2v) is 3.69. The van der Waals surface area contributed by atoms with Gasteiger partial charge >= 0.3 is 0 Å². The molecule has 0 aromatic carbocycles. The maximum absolute atomic E-state index is 5.44. The van der Waals surface area contributed by atoms with Crippen molar-refractivity contribution in [1.82, 2.24) is 5.32 Å². The predicted molar refractivity (Wildman–Crippen MR) is 54.3 cm³/mol. The molecule has 4 heteroatoms. The Balaban J connectivity index is 2.20. The minimum Gasteiger partial charge on any atom is -0.469 e. The number of rotatable bonds is 1. The summed E-state index contributed by atoms with van der Waals surface area (Å²) in [5, 5.41) is 3.43. The Morgan fingerprint density at radius 3 is 3.31 bits per heavy atom. The summed E-state index contributed by atoms with van der Waals surface area (Å²) in [6, 6.07) is 2.24. The first-order valence-electron chi connectivity index (χ1n) is 4.39. The van der Waals surface area contributed by atoms with Crippen LogP contribution in [0.3, 0.4) is 0 Å². The molecule has 1 atom stereocenters. The molecule has 1 heterocycles. The lowest BCUT2D eigenvalue weighted by atomic mass is 9.94. The van der Waals surface area contributed by atoms with Crippen LogP contribution in [0.4, 0.5) is 0 Å². The van der Waals surface area contributed by atoms with Gasteiger partial charge in [0.1, 0.15) is 5.76 Å². The van der Waals surface area contributed by atoms with Gasteiger partial charge < -0.3 is 15.5 Å². The summed E-state index contributed by atoms with van der Waals surface area (Å²) in [6.45, 7) is 0. The van der Waals surface area contributed by atoms with Gasteiger partial charge in [0.25, 0.3) is 0 Å². The van der Waals surface area contributed by atoms with E-state index in [4.69, 9.17) is 22.4 Å². The van der Waals surface area contributed by atoms with Gasteiger partial charge in [0.05, 0.1) is 12.3 Å². The topological polar surface area (TPSA) is 51.2 Å². The van der Waals surface area contributed by atoms with E-state index in [1.807, 2.05) is 6.07 Å². The number of thiocarbonyl (C=S) groups is 1. The Morgan fingerprint density at radius 2 is 2.54 bits per heavy atom. The second kappa shape index (κ2) is 3.38. The number of hydrogen-bond acceptors (Lipinski definition) is 2. The van der Waals surface area contributed by atoms with Gasteiger partial charge in [-0.3, -0.25) is 0 Å². The highest BCUT2D eigenvalue weighted by atomic mass is 32.1. The van der Waals surface area contributed by atoms with Crippen LogP contribution in [-0.2, 0) is 6.42 Å². The zero-order valence-electron chi connectivity index (χ0n) is 7.25. The van der Waals surface area contributed by atoms with Gasteiger partial charge in [0, 0.05) is 12.0 Å². The van der Waals surface area contributed by atoms with Crippen LogP contribution in [0.25, 0.3) is 0 Å². The van der Waals surface area contributed by atoms with E-state index in [1.54, 1.807) is 6.26 Å². The van der Waals surface area contributed by atoms with Gasteiger partial charge in [-0.05, 0) is 31.1 Å².